The van der Waals surface area contributed by atoms with E-state index < -0.39 is 0 Å². The van der Waals surface area contributed by atoms with Crippen LogP contribution >= 0.6 is 0 Å². The van der Waals surface area contributed by atoms with E-state index in [1.54, 1.807) is 0 Å². The highest BCUT2D eigenvalue weighted by Gasteiger charge is 1.97. The smallest absolute Gasteiger partial charge is 0.0234 e. The van der Waals surface area contributed by atoms with Gasteiger partial charge in [0.1, 0.15) is 0 Å². The van der Waals surface area contributed by atoms with E-state index in [4.69, 9.17) is 0 Å². The minimum Gasteiger partial charge on any atom is -0.103 e. The molecule has 1 unspecified atom stereocenters. The zero-order valence-corrected chi connectivity index (χ0v) is 16.8. The second-order valence-corrected chi connectivity index (χ2v) is 4.49. The quantitative estimate of drug-likeness (QED) is 0.354. The zero-order valence-electron chi connectivity index (χ0n) is 16.8. The van der Waals surface area contributed by atoms with Crippen molar-refractivity contribution in [3.8, 4) is 0 Å². The van der Waals surface area contributed by atoms with Gasteiger partial charge in [0.15, 0.2) is 0 Å². The van der Waals surface area contributed by atoms with Crippen LogP contribution in [-0.4, -0.2) is 0 Å². The van der Waals surface area contributed by atoms with Crippen LogP contribution in [0.25, 0.3) is 0 Å². The molecular weight excluding hydrogens is 264 g/mol. The van der Waals surface area contributed by atoms with Crippen molar-refractivity contribution < 1.29 is 0 Å². The van der Waals surface area contributed by atoms with E-state index >= 15 is 0 Å². The van der Waals surface area contributed by atoms with E-state index in [0.29, 0.717) is 0 Å². The van der Waals surface area contributed by atoms with Crippen molar-refractivity contribution in [1.29, 1.82) is 0 Å². The molecular formula is C22H42. The molecule has 0 radical (unpaired) electrons. The summed E-state index contributed by atoms with van der Waals surface area (Å²) in [5.41, 5.74) is 1.47. The molecule has 0 heteroatoms. The predicted octanol–water partition coefficient (Wildman–Crippen LogP) is 8.30. The number of rotatable bonds is 5. The van der Waals surface area contributed by atoms with Gasteiger partial charge in [0.2, 0.25) is 0 Å². The maximum absolute atomic E-state index is 3.48. The Morgan fingerprint density at radius 3 is 1.50 bits per heavy atom. The maximum Gasteiger partial charge on any atom is -0.0234 e. The highest BCUT2D eigenvalue weighted by atomic mass is 14.0. The van der Waals surface area contributed by atoms with Gasteiger partial charge in [-0.15, -0.1) is 6.58 Å². The summed E-state index contributed by atoms with van der Waals surface area (Å²) in [7, 11) is 0. The average molecular weight is 307 g/mol. The monoisotopic (exact) mass is 306 g/mol. The minimum atomic E-state index is 0.733. The van der Waals surface area contributed by atoms with E-state index in [1.165, 1.54) is 12.0 Å². The lowest BCUT2D eigenvalue weighted by molar-refractivity contribution is 0.655. The Kier molecular flexibility index (Phi) is 41.7. The first-order valence-corrected chi connectivity index (χ1v) is 8.69. The molecule has 0 saturated heterocycles. The van der Waals surface area contributed by atoms with Gasteiger partial charge in [-0.05, 0) is 46.5 Å². The SMILES string of the molecule is C/C=C\C=C(\C)C(C)CC.C/C=C\C=C/C.C=CCC.CC. The van der Waals surface area contributed by atoms with Gasteiger partial charge in [0, 0.05) is 0 Å². The molecule has 0 spiro atoms. The zero-order chi connectivity index (χ0) is 18.2. The summed E-state index contributed by atoms with van der Waals surface area (Å²) in [6.45, 7) is 22.3. The highest BCUT2D eigenvalue weighted by Crippen LogP contribution is 2.12. The summed E-state index contributed by atoms with van der Waals surface area (Å²) >= 11 is 0. The molecule has 0 amide bonds. The highest BCUT2D eigenvalue weighted by molar-refractivity contribution is 5.11. The molecule has 0 aromatic carbocycles. The molecule has 0 aliphatic rings. The van der Waals surface area contributed by atoms with E-state index in [9.17, 15) is 0 Å². The van der Waals surface area contributed by atoms with Gasteiger partial charge >= 0.3 is 0 Å². The fraction of sp³-hybridized carbons (Fsp3) is 0.545. The predicted molar refractivity (Wildman–Crippen MR) is 109 cm³/mol. The van der Waals surface area contributed by atoms with Crippen molar-refractivity contribution in [3.05, 3.63) is 60.8 Å². The van der Waals surface area contributed by atoms with Gasteiger partial charge in [-0.25, -0.2) is 0 Å². The Balaban J connectivity index is -0.000000115. The first kappa shape index (κ1) is 28.8. The van der Waals surface area contributed by atoms with Crippen LogP contribution in [0.4, 0.5) is 0 Å². The maximum atomic E-state index is 3.48. The van der Waals surface area contributed by atoms with Crippen LogP contribution in [0.1, 0.15) is 75.2 Å². The van der Waals surface area contributed by atoms with Crippen molar-refractivity contribution >= 4 is 0 Å². The normalized spacial score (nSPS) is 12.0. The molecule has 0 fully saturated rings. The van der Waals surface area contributed by atoms with Crippen molar-refractivity contribution in [2.45, 2.75) is 75.2 Å². The third-order valence-electron chi connectivity index (χ3n) is 2.73. The number of hydrogen-bond acceptors (Lipinski definition) is 0. The van der Waals surface area contributed by atoms with Gasteiger partial charge in [-0.3, -0.25) is 0 Å². The second-order valence-electron chi connectivity index (χ2n) is 4.49. The van der Waals surface area contributed by atoms with Crippen LogP contribution < -0.4 is 0 Å². The van der Waals surface area contributed by atoms with E-state index in [2.05, 4.69) is 52.5 Å². The molecule has 0 aromatic heterocycles. The lowest BCUT2D eigenvalue weighted by Gasteiger charge is -2.06. The number of allylic oxidation sites excluding steroid dienone is 9. The summed E-state index contributed by atoms with van der Waals surface area (Å²) in [5, 5.41) is 0. The van der Waals surface area contributed by atoms with E-state index in [0.717, 1.165) is 12.3 Å². The fourth-order valence-corrected chi connectivity index (χ4v) is 0.956. The molecule has 0 rings (SSSR count). The van der Waals surface area contributed by atoms with Crippen molar-refractivity contribution in [2.24, 2.45) is 5.92 Å². The third kappa shape index (κ3) is 36.3. The molecule has 1 atom stereocenters. The second kappa shape index (κ2) is 31.9. The summed E-state index contributed by atoms with van der Waals surface area (Å²) in [5.74, 6) is 0.733. The Hall–Kier alpha value is -1.30. The molecule has 22 heavy (non-hydrogen) atoms. The Bertz CT molecular complexity index is 277. The summed E-state index contributed by atoms with van der Waals surface area (Å²) in [6, 6.07) is 0. The molecule has 0 nitrogen and oxygen atoms in total. The minimum absolute atomic E-state index is 0.733. The van der Waals surface area contributed by atoms with Crippen LogP contribution in [0.2, 0.25) is 0 Å². The first-order valence-electron chi connectivity index (χ1n) is 8.69. The van der Waals surface area contributed by atoms with Crippen LogP contribution in [0.15, 0.2) is 60.8 Å². The van der Waals surface area contributed by atoms with Crippen LogP contribution in [0, 0.1) is 5.92 Å². The van der Waals surface area contributed by atoms with Crippen LogP contribution in [0.3, 0.4) is 0 Å². The van der Waals surface area contributed by atoms with Gasteiger partial charge in [0.25, 0.3) is 0 Å². The van der Waals surface area contributed by atoms with Gasteiger partial charge in [-0.1, -0.05) is 88.8 Å². The Morgan fingerprint density at radius 1 is 0.909 bits per heavy atom. The van der Waals surface area contributed by atoms with Gasteiger partial charge < -0.3 is 0 Å². The van der Waals surface area contributed by atoms with Gasteiger partial charge in [0.05, 0.1) is 0 Å². The molecule has 130 valence electrons. The molecule has 0 aromatic rings. The van der Waals surface area contributed by atoms with E-state index in [1.807, 2.05) is 65.0 Å². The van der Waals surface area contributed by atoms with E-state index in [-0.39, 0.29) is 0 Å². The summed E-state index contributed by atoms with van der Waals surface area (Å²) in [6.07, 6.45) is 18.5. The lowest BCUT2D eigenvalue weighted by atomic mass is 10.00. The Morgan fingerprint density at radius 2 is 1.27 bits per heavy atom. The summed E-state index contributed by atoms with van der Waals surface area (Å²) in [4.78, 5) is 0. The summed E-state index contributed by atoms with van der Waals surface area (Å²) < 4.78 is 0. The van der Waals surface area contributed by atoms with Crippen LogP contribution in [-0.2, 0) is 0 Å². The average Bonchev–Trinajstić information content (AvgIpc) is 2.59. The van der Waals surface area contributed by atoms with Crippen molar-refractivity contribution in [1.82, 2.24) is 0 Å². The fourth-order valence-electron chi connectivity index (χ4n) is 0.956. The lowest BCUT2D eigenvalue weighted by Crippen LogP contribution is -1.92. The Labute approximate surface area is 142 Å². The molecule has 0 bridgehead atoms. The molecule has 0 heterocycles. The topological polar surface area (TPSA) is 0 Å². The number of hydrogen-bond donors (Lipinski definition) is 0. The molecule has 0 aliphatic carbocycles. The largest absolute Gasteiger partial charge is 0.103 e. The van der Waals surface area contributed by atoms with Crippen molar-refractivity contribution in [3.63, 3.8) is 0 Å². The molecule has 0 aliphatic heterocycles. The molecule has 0 saturated carbocycles. The van der Waals surface area contributed by atoms with Crippen LogP contribution in [0.5, 0.6) is 0 Å². The third-order valence-corrected chi connectivity index (χ3v) is 2.73. The van der Waals surface area contributed by atoms with Gasteiger partial charge in [-0.2, -0.15) is 0 Å². The standard InChI is InChI=1S/C10H18.C6H10.C4H8.C2H6/c1-5-7-8-10(4)9(3)6-2;1-3-5-6-4-2;1-3-4-2;1-2/h5,7-9H,6H2,1-4H3;3-6H,1-2H3;3H,1,4H2,2H3;1-2H3/b7-5-,10-8-;5-3-,6-4-;;. The van der Waals surface area contributed by atoms with Crippen molar-refractivity contribution in [2.75, 3.05) is 0 Å². The first-order chi connectivity index (χ1) is 10.5. The molecule has 0 N–H and O–H groups in total.